The van der Waals surface area contributed by atoms with Gasteiger partial charge in [-0.05, 0) is 25.3 Å². The molecular formula is C10H16N2O2S2. The molecule has 2 rings (SSSR count). The standard InChI is InChI=1S/C10H16N2O2S2/c1-7-3-8(2)12(5-7)16(13,14)10-4-9(11)6-15-10/h4,6-8H,3,5,11H2,1-2H3. The normalized spacial score (nSPS) is 27.4. The number of anilines is 1. The summed E-state index contributed by atoms with van der Waals surface area (Å²) in [6.45, 7) is 4.65. The van der Waals surface area contributed by atoms with Crippen molar-refractivity contribution in [3.05, 3.63) is 11.4 Å². The fraction of sp³-hybridized carbons (Fsp3) is 0.600. The third-order valence-corrected chi connectivity index (χ3v) is 6.30. The Labute approximate surface area is 100 Å². The van der Waals surface area contributed by atoms with Crippen molar-refractivity contribution in [2.75, 3.05) is 12.3 Å². The molecule has 0 amide bonds. The minimum atomic E-state index is -3.33. The highest BCUT2D eigenvalue weighted by atomic mass is 32.2. The third-order valence-electron chi connectivity index (χ3n) is 2.89. The molecule has 1 saturated heterocycles. The van der Waals surface area contributed by atoms with Crippen LogP contribution in [0.5, 0.6) is 0 Å². The first kappa shape index (κ1) is 11.9. The van der Waals surface area contributed by atoms with Gasteiger partial charge in [-0.1, -0.05) is 6.92 Å². The largest absolute Gasteiger partial charge is 0.398 e. The molecule has 2 N–H and O–H groups in total. The van der Waals surface area contributed by atoms with E-state index in [-0.39, 0.29) is 6.04 Å². The van der Waals surface area contributed by atoms with Gasteiger partial charge in [0, 0.05) is 23.7 Å². The van der Waals surface area contributed by atoms with Gasteiger partial charge in [0.25, 0.3) is 10.0 Å². The first-order valence-electron chi connectivity index (χ1n) is 5.27. The van der Waals surface area contributed by atoms with E-state index in [2.05, 4.69) is 6.92 Å². The van der Waals surface area contributed by atoms with Crippen molar-refractivity contribution in [3.63, 3.8) is 0 Å². The number of nitrogens with zero attached hydrogens (tertiary/aromatic N) is 1. The maximum Gasteiger partial charge on any atom is 0.252 e. The van der Waals surface area contributed by atoms with E-state index in [1.807, 2.05) is 6.92 Å². The summed E-state index contributed by atoms with van der Waals surface area (Å²) < 4.78 is 26.5. The fourth-order valence-electron chi connectivity index (χ4n) is 2.18. The van der Waals surface area contributed by atoms with Crippen molar-refractivity contribution < 1.29 is 8.42 Å². The van der Waals surface area contributed by atoms with Crippen LogP contribution in [0, 0.1) is 5.92 Å². The molecule has 6 heteroatoms. The van der Waals surface area contributed by atoms with Gasteiger partial charge in [-0.2, -0.15) is 4.31 Å². The van der Waals surface area contributed by atoms with E-state index in [0.29, 0.717) is 22.4 Å². The molecule has 0 aliphatic carbocycles. The number of hydrogen-bond donors (Lipinski definition) is 1. The van der Waals surface area contributed by atoms with E-state index in [9.17, 15) is 8.42 Å². The molecule has 1 aromatic rings. The molecule has 2 atom stereocenters. The van der Waals surface area contributed by atoms with Crippen LogP contribution in [0.3, 0.4) is 0 Å². The first-order chi connectivity index (χ1) is 7.41. The predicted molar refractivity (Wildman–Crippen MR) is 65.9 cm³/mol. The average molecular weight is 260 g/mol. The van der Waals surface area contributed by atoms with E-state index in [1.165, 1.54) is 17.4 Å². The highest BCUT2D eigenvalue weighted by Gasteiger charge is 2.36. The van der Waals surface area contributed by atoms with Gasteiger partial charge in [-0.3, -0.25) is 0 Å². The molecule has 1 fully saturated rings. The summed E-state index contributed by atoms with van der Waals surface area (Å²) in [6, 6.07) is 1.62. The van der Waals surface area contributed by atoms with E-state index >= 15 is 0 Å². The lowest BCUT2D eigenvalue weighted by Gasteiger charge is -2.19. The summed E-state index contributed by atoms with van der Waals surface area (Å²) >= 11 is 1.19. The molecule has 0 bridgehead atoms. The maximum absolute atomic E-state index is 12.3. The molecule has 1 aromatic heterocycles. The summed E-state index contributed by atoms with van der Waals surface area (Å²) in [5, 5.41) is 1.66. The molecule has 0 saturated carbocycles. The van der Waals surface area contributed by atoms with Crippen LogP contribution in [0.25, 0.3) is 0 Å². The Balaban J connectivity index is 2.33. The van der Waals surface area contributed by atoms with Crippen LogP contribution in [0.2, 0.25) is 0 Å². The molecule has 2 heterocycles. The van der Waals surface area contributed by atoms with E-state index in [4.69, 9.17) is 5.73 Å². The van der Waals surface area contributed by atoms with E-state index in [1.54, 1.807) is 9.69 Å². The molecule has 0 spiro atoms. The van der Waals surface area contributed by atoms with Crippen LogP contribution in [-0.4, -0.2) is 25.3 Å². The van der Waals surface area contributed by atoms with E-state index in [0.717, 1.165) is 6.42 Å². The highest BCUT2D eigenvalue weighted by Crippen LogP contribution is 2.32. The van der Waals surface area contributed by atoms with Gasteiger partial charge < -0.3 is 5.73 Å². The number of thiophene rings is 1. The smallest absolute Gasteiger partial charge is 0.252 e. The molecule has 0 radical (unpaired) electrons. The zero-order chi connectivity index (χ0) is 11.9. The van der Waals surface area contributed by atoms with Crippen molar-refractivity contribution in [1.29, 1.82) is 0 Å². The Morgan fingerprint density at radius 1 is 1.50 bits per heavy atom. The van der Waals surface area contributed by atoms with Gasteiger partial charge in [-0.25, -0.2) is 8.42 Å². The van der Waals surface area contributed by atoms with Gasteiger partial charge in [0.15, 0.2) is 0 Å². The van der Waals surface area contributed by atoms with Gasteiger partial charge in [0.2, 0.25) is 0 Å². The Hall–Kier alpha value is -0.590. The van der Waals surface area contributed by atoms with Crippen LogP contribution in [-0.2, 0) is 10.0 Å². The van der Waals surface area contributed by atoms with Crippen molar-refractivity contribution in [2.45, 2.75) is 30.5 Å². The Bertz CT molecular complexity index is 481. The van der Waals surface area contributed by atoms with Crippen molar-refractivity contribution >= 4 is 27.0 Å². The zero-order valence-electron chi connectivity index (χ0n) is 9.38. The number of rotatable bonds is 2. The van der Waals surface area contributed by atoms with Crippen molar-refractivity contribution in [3.8, 4) is 0 Å². The van der Waals surface area contributed by atoms with Crippen molar-refractivity contribution in [1.82, 2.24) is 4.31 Å². The SMILES string of the molecule is CC1CC(C)N(S(=O)(=O)c2cc(N)cs2)C1. The van der Waals surface area contributed by atoms with E-state index < -0.39 is 10.0 Å². The Morgan fingerprint density at radius 2 is 2.19 bits per heavy atom. The lowest BCUT2D eigenvalue weighted by molar-refractivity contribution is 0.407. The molecule has 2 unspecified atom stereocenters. The van der Waals surface area contributed by atoms with Gasteiger partial charge in [0.05, 0.1) is 0 Å². The second kappa shape index (κ2) is 4.01. The van der Waals surface area contributed by atoms with Crippen LogP contribution < -0.4 is 5.73 Å². The fourth-order valence-corrected chi connectivity index (χ4v) is 5.15. The molecular weight excluding hydrogens is 244 g/mol. The second-order valence-electron chi connectivity index (χ2n) is 4.46. The maximum atomic E-state index is 12.3. The highest BCUT2D eigenvalue weighted by molar-refractivity contribution is 7.91. The second-order valence-corrected chi connectivity index (χ2v) is 7.49. The Morgan fingerprint density at radius 3 is 2.62 bits per heavy atom. The third kappa shape index (κ3) is 1.97. The van der Waals surface area contributed by atoms with Crippen LogP contribution in [0.15, 0.2) is 15.7 Å². The molecule has 16 heavy (non-hydrogen) atoms. The van der Waals surface area contributed by atoms with Crippen LogP contribution in [0.4, 0.5) is 5.69 Å². The summed E-state index contributed by atoms with van der Waals surface area (Å²) in [5.74, 6) is 0.432. The zero-order valence-corrected chi connectivity index (χ0v) is 11.0. The number of hydrogen-bond acceptors (Lipinski definition) is 4. The summed E-state index contributed by atoms with van der Waals surface area (Å²) in [4.78, 5) is 0. The van der Waals surface area contributed by atoms with Crippen LogP contribution >= 0.6 is 11.3 Å². The summed E-state index contributed by atoms with van der Waals surface area (Å²) in [5.41, 5.74) is 6.08. The summed E-state index contributed by atoms with van der Waals surface area (Å²) in [6.07, 6.45) is 0.931. The van der Waals surface area contributed by atoms with Gasteiger partial charge >= 0.3 is 0 Å². The predicted octanol–water partition coefficient (Wildman–Crippen LogP) is 1.75. The molecule has 90 valence electrons. The number of sulfonamides is 1. The number of nitrogen functional groups attached to an aromatic ring is 1. The average Bonchev–Trinajstić information content (AvgIpc) is 2.73. The lowest BCUT2D eigenvalue weighted by Crippen LogP contribution is -2.33. The topological polar surface area (TPSA) is 63.4 Å². The molecule has 4 nitrogen and oxygen atoms in total. The van der Waals surface area contributed by atoms with Gasteiger partial charge in [-0.15, -0.1) is 11.3 Å². The lowest BCUT2D eigenvalue weighted by atomic mass is 10.1. The minimum Gasteiger partial charge on any atom is -0.398 e. The first-order valence-corrected chi connectivity index (χ1v) is 7.59. The van der Waals surface area contributed by atoms with Crippen LogP contribution in [0.1, 0.15) is 20.3 Å². The molecule has 1 aliphatic heterocycles. The summed E-state index contributed by atoms with van der Waals surface area (Å²) in [7, 11) is -3.33. The Kier molecular flexibility index (Phi) is 2.98. The quantitative estimate of drug-likeness (QED) is 0.881. The van der Waals surface area contributed by atoms with Gasteiger partial charge in [0.1, 0.15) is 4.21 Å². The number of nitrogens with two attached hydrogens (primary N) is 1. The molecule has 1 aliphatic rings. The molecule has 0 aromatic carbocycles. The van der Waals surface area contributed by atoms with Crippen molar-refractivity contribution in [2.24, 2.45) is 5.92 Å². The monoisotopic (exact) mass is 260 g/mol. The minimum absolute atomic E-state index is 0.0864.